The molecule has 0 unspecified atom stereocenters. The van der Waals surface area contributed by atoms with E-state index in [2.05, 4.69) is 77.2 Å². The minimum Gasteiger partial charge on any atom is -0.341 e. The molecule has 1 aliphatic rings. The second-order valence-electron chi connectivity index (χ2n) is 9.13. The van der Waals surface area contributed by atoms with E-state index < -0.39 is 0 Å². The molecule has 2 heterocycles. The number of carbonyl (C=O) groups is 1. The first-order valence-corrected chi connectivity index (χ1v) is 11.8. The number of likely N-dealkylation sites (tertiary alicyclic amines) is 1. The van der Waals surface area contributed by atoms with Gasteiger partial charge in [0.1, 0.15) is 0 Å². The Morgan fingerprint density at radius 3 is 2.56 bits per heavy atom. The predicted molar refractivity (Wildman–Crippen MR) is 133 cm³/mol. The standard InChI is InChI=1S/C28H31N3O/c1-3-31-26-9-5-4-8-24(26)25-17-23(14-15-27(25)31)29-28(32)22-12-10-21(11-13-22)19-30-16-6-7-20(2)18-30/h4-5,8-15,17,20H,3,6-7,16,18-19H2,1-2H3,(H,29,32)/t20-/m0/s1. The van der Waals surface area contributed by atoms with Gasteiger partial charge in [-0.15, -0.1) is 0 Å². The molecule has 0 saturated carbocycles. The van der Waals surface area contributed by atoms with Crippen molar-refractivity contribution in [3.05, 3.63) is 77.9 Å². The van der Waals surface area contributed by atoms with Crippen molar-refractivity contribution in [2.24, 2.45) is 5.92 Å². The summed E-state index contributed by atoms with van der Waals surface area (Å²) < 4.78 is 2.32. The number of carbonyl (C=O) groups excluding carboxylic acids is 1. The predicted octanol–water partition coefficient (Wildman–Crippen LogP) is 6.30. The van der Waals surface area contributed by atoms with E-state index in [4.69, 9.17) is 0 Å². The quantitative estimate of drug-likeness (QED) is 0.407. The Morgan fingerprint density at radius 1 is 1.00 bits per heavy atom. The fourth-order valence-corrected chi connectivity index (χ4v) is 5.13. The van der Waals surface area contributed by atoms with Crippen LogP contribution >= 0.6 is 0 Å². The Morgan fingerprint density at radius 2 is 1.78 bits per heavy atom. The Labute approximate surface area is 189 Å². The third kappa shape index (κ3) is 4.03. The summed E-state index contributed by atoms with van der Waals surface area (Å²) >= 11 is 0. The second kappa shape index (κ2) is 8.79. The molecule has 0 aliphatic carbocycles. The number of rotatable bonds is 5. The summed E-state index contributed by atoms with van der Waals surface area (Å²) in [6.45, 7) is 8.71. The average molecular weight is 426 g/mol. The molecule has 1 aliphatic heterocycles. The maximum Gasteiger partial charge on any atom is 0.255 e. The van der Waals surface area contributed by atoms with Gasteiger partial charge in [0.05, 0.1) is 0 Å². The first kappa shape index (κ1) is 20.8. The largest absolute Gasteiger partial charge is 0.341 e. The van der Waals surface area contributed by atoms with Gasteiger partial charge in [-0.05, 0) is 74.2 Å². The van der Waals surface area contributed by atoms with Gasteiger partial charge in [0.15, 0.2) is 0 Å². The number of amides is 1. The molecule has 164 valence electrons. The van der Waals surface area contributed by atoms with Crippen LogP contribution in [0.15, 0.2) is 66.7 Å². The summed E-state index contributed by atoms with van der Waals surface area (Å²) in [6.07, 6.45) is 2.61. The smallest absolute Gasteiger partial charge is 0.255 e. The van der Waals surface area contributed by atoms with Crippen LogP contribution in [0.3, 0.4) is 0 Å². The number of anilines is 1. The van der Waals surface area contributed by atoms with Gasteiger partial charge in [0.25, 0.3) is 5.91 Å². The fourth-order valence-electron chi connectivity index (χ4n) is 5.13. The molecule has 0 spiro atoms. The highest BCUT2D eigenvalue weighted by molar-refractivity contribution is 6.11. The topological polar surface area (TPSA) is 37.3 Å². The number of nitrogens with zero attached hydrogens (tertiary/aromatic N) is 2. The van der Waals surface area contributed by atoms with E-state index in [9.17, 15) is 4.79 Å². The van der Waals surface area contributed by atoms with Crippen LogP contribution in [0.4, 0.5) is 5.69 Å². The van der Waals surface area contributed by atoms with Gasteiger partial charge >= 0.3 is 0 Å². The Bertz CT molecular complexity index is 1260. The van der Waals surface area contributed by atoms with Gasteiger partial charge in [-0.2, -0.15) is 0 Å². The van der Waals surface area contributed by atoms with Crippen LogP contribution in [0.5, 0.6) is 0 Å². The zero-order valence-corrected chi connectivity index (χ0v) is 19.0. The summed E-state index contributed by atoms with van der Waals surface area (Å²) in [6, 6.07) is 22.7. The van der Waals surface area contributed by atoms with Gasteiger partial charge in [0, 0.05) is 52.7 Å². The van der Waals surface area contributed by atoms with Gasteiger partial charge in [-0.3, -0.25) is 9.69 Å². The molecular weight excluding hydrogens is 394 g/mol. The van der Waals surface area contributed by atoms with Crippen molar-refractivity contribution in [1.29, 1.82) is 0 Å². The fraction of sp³-hybridized carbons (Fsp3) is 0.321. The van der Waals surface area contributed by atoms with E-state index in [-0.39, 0.29) is 5.91 Å². The van der Waals surface area contributed by atoms with E-state index in [0.717, 1.165) is 24.7 Å². The van der Waals surface area contributed by atoms with E-state index in [0.29, 0.717) is 5.56 Å². The molecule has 4 nitrogen and oxygen atoms in total. The molecule has 5 rings (SSSR count). The molecule has 1 atom stereocenters. The minimum absolute atomic E-state index is 0.0678. The van der Waals surface area contributed by atoms with E-state index in [1.54, 1.807) is 0 Å². The summed E-state index contributed by atoms with van der Waals surface area (Å²) in [4.78, 5) is 15.4. The third-order valence-electron chi connectivity index (χ3n) is 6.71. The maximum atomic E-state index is 12.9. The SMILES string of the molecule is CCn1c2ccccc2c2cc(NC(=O)c3ccc(CN4CCC[C@H](C)C4)cc3)ccc21. The highest BCUT2D eigenvalue weighted by Crippen LogP contribution is 2.31. The normalized spacial score (nSPS) is 17.1. The molecule has 4 aromatic rings. The molecule has 1 fully saturated rings. The van der Waals surface area contributed by atoms with E-state index >= 15 is 0 Å². The molecule has 32 heavy (non-hydrogen) atoms. The number of para-hydroxylation sites is 1. The number of piperidine rings is 1. The van der Waals surface area contributed by atoms with Crippen LogP contribution in [0, 0.1) is 5.92 Å². The Balaban J connectivity index is 1.33. The monoisotopic (exact) mass is 425 g/mol. The molecule has 1 N–H and O–H groups in total. The summed E-state index contributed by atoms with van der Waals surface area (Å²) in [7, 11) is 0. The molecular formula is C28H31N3O. The lowest BCUT2D eigenvalue weighted by Crippen LogP contribution is -2.33. The highest BCUT2D eigenvalue weighted by atomic mass is 16.1. The molecule has 1 amide bonds. The third-order valence-corrected chi connectivity index (χ3v) is 6.71. The number of benzene rings is 3. The van der Waals surface area contributed by atoms with Crippen molar-refractivity contribution in [1.82, 2.24) is 9.47 Å². The maximum absolute atomic E-state index is 12.9. The van der Waals surface area contributed by atoms with Crippen molar-refractivity contribution in [2.75, 3.05) is 18.4 Å². The van der Waals surface area contributed by atoms with Crippen LogP contribution in [0.2, 0.25) is 0 Å². The number of hydrogen-bond donors (Lipinski definition) is 1. The number of aromatic nitrogens is 1. The van der Waals surface area contributed by atoms with Gasteiger partial charge in [-0.1, -0.05) is 37.3 Å². The van der Waals surface area contributed by atoms with Gasteiger partial charge in [0.2, 0.25) is 0 Å². The minimum atomic E-state index is -0.0678. The molecule has 1 aromatic heterocycles. The lowest BCUT2D eigenvalue weighted by Gasteiger charge is -2.30. The summed E-state index contributed by atoms with van der Waals surface area (Å²) in [5.74, 6) is 0.708. The zero-order chi connectivity index (χ0) is 22.1. The number of nitrogens with one attached hydrogen (secondary N) is 1. The lowest BCUT2D eigenvalue weighted by molar-refractivity contribution is 0.102. The molecule has 1 saturated heterocycles. The average Bonchev–Trinajstić information content (AvgIpc) is 3.12. The zero-order valence-electron chi connectivity index (χ0n) is 19.0. The van der Waals surface area contributed by atoms with Crippen LogP contribution < -0.4 is 5.32 Å². The molecule has 0 bridgehead atoms. The van der Waals surface area contributed by atoms with Crippen molar-refractivity contribution in [2.45, 2.75) is 39.8 Å². The van der Waals surface area contributed by atoms with Gasteiger partial charge in [-0.25, -0.2) is 0 Å². The first-order chi connectivity index (χ1) is 15.6. The lowest BCUT2D eigenvalue weighted by atomic mass is 9.99. The number of hydrogen-bond acceptors (Lipinski definition) is 2. The van der Waals surface area contributed by atoms with Crippen molar-refractivity contribution >= 4 is 33.4 Å². The van der Waals surface area contributed by atoms with Crippen LogP contribution in [0.25, 0.3) is 21.8 Å². The highest BCUT2D eigenvalue weighted by Gasteiger charge is 2.16. The van der Waals surface area contributed by atoms with Crippen LogP contribution in [-0.2, 0) is 13.1 Å². The second-order valence-corrected chi connectivity index (χ2v) is 9.13. The van der Waals surface area contributed by atoms with Crippen molar-refractivity contribution in [3.8, 4) is 0 Å². The first-order valence-electron chi connectivity index (χ1n) is 11.8. The van der Waals surface area contributed by atoms with Crippen molar-refractivity contribution < 1.29 is 4.79 Å². The van der Waals surface area contributed by atoms with Crippen LogP contribution in [-0.4, -0.2) is 28.5 Å². The Kier molecular flexibility index (Phi) is 5.71. The van der Waals surface area contributed by atoms with Crippen molar-refractivity contribution in [3.63, 3.8) is 0 Å². The number of aryl methyl sites for hydroxylation is 1. The molecule has 4 heteroatoms. The van der Waals surface area contributed by atoms with Gasteiger partial charge < -0.3 is 9.88 Å². The molecule has 0 radical (unpaired) electrons. The Hall–Kier alpha value is -3.11. The summed E-state index contributed by atoms with van der Waals surface area (Å²) in [5.41, 5.74) is 5.21. The van der Waals surface area contributed by atoms with Crippen LogP contribution in [0.1, 0.15) is 42.6 Å². The van der Waals surface area contributed by atoms with E-state index in [1.165, 1.54) is 53.3 Å². The number of fused-ring (bicyclic) bond motifs is 3. The van der Waals surface area contributed by atoms with E-state index in [1.807, 2.05) is 18.2 Å². The summed E-state index contributed by atoms with van der Waals surface area (Å²) in [5, 5.41) is 5.48. The molecule has 3 aromatic carbocycles.